The lowest BCUT2D eigenvalue weighted by Crippen LogP contribution is -2.20. The second kappa shape index (κ2) is 6.80. The summed E-state index contributed by atoms with van der Waals surface area (Å²) in [4.78, 5) is 25.5. The highest BCUT2D eigenvalue weighted by molar-refractivity contribution is 7.98. The van der Waals surface area contributed by atoms with E-state index >= 15 is 0 Å². The molecule has 0 saturated heterocycles. The van der Waals surface area contributed by atoms with Gasteiger partial charge in [-0.25, -0.2) is 4.79 Å². The van der Waals surface area contributed by atoms with Gasteiger partial charge >= 0.3 is 5.63 Å². The molecule has 0 fully saturated rings. The van der Waals surface area contributed by atoms with E-state index in [4.69, 9.17) is 9.15 Å². The fourth-order valence-electron chi connectivity index (χ4n) is 2.32. The van der Waals surface area contributed by atoms with Crippen LogP contribution >= 0.6 is 11.8 Å². The number of amides is 1. The van der Waals surface area contributed by atoms with Gasteiger partial charge in [0.15, 0.2) is 0 Å². The van der Waals surface area contributed by atoms with Crippen LogP contribution in [0.1, 0.15) is 10.4 Å². The summed E-state index contributed by atoms with van der Waals surface area (Å²) in [5, 5.41) is 3.38. The first-order valence-electron chi connectivity index (χ1n) is 7.18. The number of carbonyl (C=O) groups excluding carboxylic acids is 1. The lowest BCUT2D eigenvalue weighted by atomic mass is 10.1. The van der Waals surface area contributed by atoms with Crippen molar-refractivity contribution in [1.29, 1.82) is 0 Å². The zero-order valence-corrected chi connectivity index (χ0v) is 14.0. The van der Waals surface area contributed by atoms with Crippen LogP contribution < -0.4 is 15.7 Å². The van der Waals surface area contributed by atoms with Crippen molar-refractivity contribution >= 4 is 34.3 Å². The maximum atomic E-state index is 12.5. The Morgan fingerprint density at radius 2 is 1.96 bits per heavy atom. The number of fused-ring (bicyclic) bond motifs is 1. The van der Waals surface area contributed by atoms with Gasteiger partial charge in [0.05, 0.1) is 12.8 Å². The molecular weight excluding hydrogens is 326 g/mol. The molecule has 1 amide bonds. The van der Waals surface area contributed by atoms with Gasteiger partial charge in [-0.3, -0.25) is 4.79 Å². The number of para-hydroxylation sites is 1. The van der Waals surface area contributed by atoms with Gasteiger partial charge in [0.2, 0.25) is 0 Å². The molecule has 0 spiro atoms. The summed E-state index contributed by atoms with van der Waals surface area (Å²) in [6.07, 6.45) is 1.92. The van der Waals surface area contributed by atoms with Crippen molar-refractivity contribution in [2.75, 3.05) is 18.7 Å². The third kappa shape index (κ3) is 3.14. The highest BCUT2D eigenvalue weighted by Gasteiger charge is 2.15. The molecule has 0 atom stereocenters. The van der Waals surface area contributed by atoms with Gasteiger partial charge in [0, 0.05) is 10.3 Å². The van der Waals surface area contributed by atoms with E-state index in [-0.39, 0.29) is 5.56 Å². The van der Waals surface area contributed by atoms with E-state index in [1.54, 1.807) is 31.4 Å². The molecule has 0 radical (unpaired) electrons. The Morgan fingerprint density at radius 3 is 2.71 bits per heavy atom. The van der Waals surface area contributed by atoms with E-state index in [9.17, 15) is 9.59 Å². The summed E-state index contributed by atoms with van der Waals surface area (Å²) >= 11 is 1.51. The maximum absolute atomic E-state index is 12.5. The van der Waals surface area contributed by atoms with Crippen molar-refractivity contribution in [2.24, 2.45) is 0 Å². The van der Waals surface area contributed by atoms with Crippen LogP contribution in [0.15, 0.2) is 62.6 Å². The summed E-state index contributed by atoms with van der Waals surface area (Å²) in [6.45, 7) is 0. The topological polar surface area (TPSA) is 68.5 Å². The number of thioether (sulfide) groups is 1. The summed E-state index contributed by atoms with van der Waals surface area (Å²) in [5.41, 5.74) is 0.334. The maximum Gasteiger partial charge on any atom is 0.349 e. The van der Waals surface area contributed by atoms with E-state index in [0.29, 0.717) is 22.4 Å². The summed E-state index contributed by atoms with van der Waals surface area (Å²) < 4.78 is 10.4. The standard InChI is InChI=1S/C18H15NO4S/c1-22-12-7-8-15-11(9-12)10-13(18(21)23-15)17(20)19-14-5-3-4-6-16(14)24-2/h3-10H,1-2H3,(H,19,20). The quantitative estimate of drug-likeness (QED) is 0.578. The minimum absolute atomic E-state index is 0.0494. The summed E-state index contributed by atoms with van der Waals surface area (Å²) in [5.74, 6) is 0.116. The Kier molecular flexibility index (Phi) is 4.57. The van der Waals surface area contributed by atoms with Crippen LogP contribution in [0.2, 0.25) is 0 Å². The molecule has 0 aliphatic carbocycles. The molecule has 1 aromatic heterocycles. The number of rotatable bonds is 4. The van der Waals surface area contributed by atoms with Crippen molar-refractivity contribution in [3.05, 3.63) is 64.5 Å². The molecule has 0 saturated carbocycles. The molecule has 3 aromatic rings. The zero-order chi connectivity index (χ0) is 17.1. The van der Waals surface area contributed by atoms with E-state index < -0.39 is 11.5 Å². The number of methoxy groups -OCH3 is 1. The van der Waals surface area contributed by atoms with E-state index in [0.717, 1.165) is 4.90 Å². The minimum Gasteiger partial charge on any atom is -0.497 e. The number of carbonyl (C=O) groups is 1. The predicted molar refractivity (Wildman–Crippen MR) is 95.2 cm³/mol. The van der Waals surface area contributed by atoms with Gasteiger partial charge in [0.1, 0.15) is 16.9 Å². The monoisotopic (exact) mass is 341 g/mol. The van der Waals surface area contributed by atoms with Crippen molar-refractivity contribution in [3.8, 4) is 5.75 Å². The third-order valence-corrected chi connectivity index (χ3v) is 4.33. The summed E-state index contributed by atoms with van der Waals surface area (Å²) in [7, 11) is 1.55. The van der Waals surface area contributed by atoms with Crippen LogP contribution in [0.25, 0.3) is 11.0 Å². The van der Waals surface area contributed by atoms with Crippen LogP contribution in [0, 0.1) is 0 Å². The van der Waals surface area contributed by atoms with Crippen LogP contribution in [0.5, 0.6) is 5.75 Å². The number of benzene rings is 2. The smallest absolute Gasteiger partial charge is 0.349 e. The van der Waals surface area contributed by atoms with Gasteiger partial charge in [-0.15, -0.1) is 11.8 Å². The van der Waals surface area contributed by atoms with E-state index in [2.05, 4.69) is 5.32 Å². The second-order valence-corrected chi connectivity index (χ2v) is 5.85. The van der Waals surface area contributed by atoms with Gasteiger partial charge in [-0.05, 0) is 42.7 Å². The number of ether oxygens (including phenoxy) is 1. The Labute approximate surface area is 142 Å². The lowest BCUT2D eigenvalue weighted by Gasteiger charge is -2.09. The van der Waals surface area contributed by atoms with E-state index in [1.165, 1.54) is 17.8 Å². The fourth-order valence-corrected chi connectivity index (χ4v) is 2.88. The highest BCUT2D eigenvalue weighted by atomic mass is 32.2. The third-order valence-electron chi connectivity index (χ3n) is 3.54. The van der Waals surface area contributed by atoms with E-state index in [1.807, 2.05) is 24.5 Å². The number of anilines is 1. The minimum atomic E-state index is -0.674. The van der Waals surface area contributed by atoms with Gasteiger partial charge in [-0.2, -0.15) is 0 Å². The molecule has 3 rings (SSSR count). The molecule has 0 bridgehead atoms. The molecule has 24 heavy (non-hydrogen) atoms. The van der Waals surface area contributed by atoms with Crippen LogP contribution in [-0.2, 0) is 0 Å². The lowest BCUT2D eigenvalue weighted by molar-refractivity contribution is 0.102. The van der Waals surface area contributed by atoms with Crippen molar-refractivity contribution in [2.45, 2.75) is 4.90 Å². The number of hydrogen-bond donors (Lipinski definition) is 1. The Morgan fingerprint density at radius 1 is 1.17 bits per heavy atom. The van der Waals surface area contributed by atoms with Gasteiger partial charge in [0.25, 0.3) is 5.91 Å². The first-order chi connectivity index (χ1) is 11.6. The predicted octanol–water partition coefficient (Wildman–Crippen LogP) is 3.78. The fraction of sp³-hybridized carbons (Fsp3) is 0.111. The van der Waals surface area contributed by atoms with Crippen molar-refractivity contribution in [3.63, 3.8) is 0 Å². The Balaban J connectivity index is 2.00. The molecule has 0 unspecified atom stereocenters. The van der Waals surface area contributed by atoms with Gasteiger partial charge < -0.3 is 14.5 Å². The van der Waals surface area contributed by atoms with Crippen LogP contribution in [0.3, 0.4) is 0 Å². The number of nitrogens with one attached hydrogen (secondary N) is 1. The first-order valence-corrected chi connectivity index (χ1v) is 8.41. The van der Waals surface area contributed by atoms with Crippen LogP contribution in [-0.4, -0.2) is 19.3 Å². The largest absolute Gasteiger partial charge is 0.497 e. The Bertz CT molecular complexity index is 965. The average molecular weight is 341 g/mol. The molecule has 2 aromatic carbocycles. The van der Waals surface area contributed by atoms with Crippen molar-refractivity contribution < 1.29 is 13.9 Å². The van der Waals surface area contributed by atoms with Gasteiger partial charge in [-0.1, -0.05) is 12.1 Å². The normalized spacial score (nSPS) is 10.6. The summed E-state index contributed by atoms with van der Waals surface area (Å²) in [6, 6.07) is 14.0. The molecule has 1 heterocycles. The SMILES string of the molecule is COc1ccc2oc(=O)c(C(=O)Nc3ccccc3SC)cc2c1. The molecule has 0 aliphatic heterocycles. The molecule has 1 N–H and O–H groups in total. The molecular formula is C18H15NO4S. The number of hydrogen-bond acceptors (Lipinski definition) is 5. The molecule has 6 heteroatoms. The zero-order valence-electron chi connectivity index (χ0n) is 13.2. The Hall–Kier alpha value is -2.73. The average Bonchev–Trinajstić information content (AvgIpc) is 2.61. The molecule has 122 valence electrons. The second-order valence-electron chi connectivity index (χ2n) is 5.01. The van der Waals surface area contributed by atoms with Crippen LogP contribution in [0.4, 0.5) is 5.69 Å². The highest BCUT2D eigenvalue weighted by Crippen LogP contribution is 2.25. The molecule has 0 aliphatic rings. The van der Waals surface area contributed by atoms with Crippen molar-refractivity contribution in [1.82, 2.24) is 0 Å². The molecule has 5 nitrogen and oxygen atoms in total. The first kappa shape index (κ1) is 16.1.